The van der Waals surface area contributed by atoms with Gasteiger partial charge < -0.3 is 40.2 Å². The molecule has 4 bridgehead atoms. The summed E-state index contributed by atoms with van der Waals surface area (Å²) >= 11 is -0.501. The summed E-state index contributed by atoms with van der Waals surface area (Å²) in [5.74, 6) is 12.8. The Kier molecular flexibility index (Phi) is 14.9. The second-order valence-electron chi connectivity index (χ2n) is 23.8. The Morgan fingerprint density at radius 2 is 1.46 bits per heavy atom. The van der Waals surface area contributed by atoms with Gasteiger partial charge in [0.1, 0.15) is 41.5 Å². The molecule has 440 valence electrons. The van der Waals surface area contributed by atoms with E-state index in [9.17, 15) is 35.7 Å². The average Bonchev–Trinajstić information content (AvgIpc) is 0.998. The van der Waals surface area contributed by atoms with Crippen molar-refractivity contribution < 1.29 is 49.9 Å². The van der Waals surface area contributed by atoms with Crippen molar-refractivity contribution in [3.05, 3.63) is 83.9 Å². The van der Waals surface area contributed by atoms with Crippen molar-refractivity contribution in [2.75, 3.05) is 89.9 Å². The van der Waals surface area contributed by atoms with Gasteiger partial charge in [-0.15, -0.1) is 4.68 Å². The number of nitrogens with one attached hydrogen (secondary N) is 4. The van der Waals surface area contributed by atoms with Crippen LogP contribution in [-0.2, 0) is 9.30 Å². The Hall–Kier alpha value is -6.01. The summed E-state index contributed by atoms with van der Waals surface area (Å²) in [6.45, 7) is 6.48. The third-order valence-corrected chi connectivity index (χ3v) is 20.8. The fourth-order valence-electron chi connectivity index (χ4n) is 13.9. The minimum atomic E-state index is -4.62. The molecular formula is C58H66F6N12O4PS2+. The van der Waals surface area contributed by atoms with E-state index < -0.39 is 23.7 Å². The number of ether oxygens (including phenoxy) is 2. The zero-order valence-electron chi connectivity index (χ0n) is 46.8. The third kappa shape index (κ3) is 11.5. The first-order chi connectivity index (χ1) is 39.5. The molecule has 7 aliphatic carbocycles. The number of fused-ring (bicyclic) bond motifs is 6. The maximum absolute atomic E-state index is 14.2. The van der Waals surface area contributed by atoms with E-state index in [0.717, 1.165) is 77.3 Å². The van der Waals surface area contributed by atoms with Crippen molar-refractivity contribution in [2.24, 2.45) is 0 Å². The van der Waals surface area contributed by atoms with Crippen LogP contribution in [0.3, 0.4) is 0 Å². The molecule has 6 heterocycles. The lowest BCUT2D eigenvalue weighted by molar-refractivity contribution is -0.782. The van der Waals surface area contributed by atoms with E-state index in [4.69, 9.17) is 9.47 Å². The molecule has 5 aromatic heterocycles. The maximum atomic E-state index is 14.2. The summed E-state index contributed by atoms with van der Waals surface area (Å²) in [5, 5.41) is 23.5. The number of hydrogen-bond donors (Lipinski definition) is 4. The van der Waals surface area contributed by atoms with Crippen LogP contribution in [-0.4, -0.2) is 147 Å². The highest BCUT2D eigenvalue weighted by atomic mass is 32.2. The second-order valence-corrected chi connectivity index (χ2v) is 29.2. The molecule has 8 aliphatic rings. The number of benzene rings is 1. The lowest BCUT2D eigenvalue weighted by Gasteiger charge is -2.65. The van der Waals surface area contributed by atoms with Crippen LogP contribution >= 0.6 is 30.7 Å². The van der Waals surface area contributed by atoms with Gasteiger partial charge in [0, 0.05) is 53.4 Å². The molecule has 4 N–H and O–H groups in total. The first-order valence-electron chi connectivity index (χ1n) is 27.9. The first-order valence-corrected chi connectivity index (χ1v) is 32.2. The Morgan fingerprint density at radius 3 is 2.04 bits per heavy atom. The molecule has 0 radical (unpaired) electrons. The minimum absolute atomic E-state index is 0.0287. The topological polar surface area (TPSA) is 151 Å². The van der Waals surface area contributed by atoms with Gasteiger partial charge in [-0.3, -0.25) is 9.69 Å². The monoisotopic (exact) mass is 1200 g/mol. The van der Waals surface area contributed by atoms with Gasteiger partial charge in [0.2, 0.25) is 6.20 Å². The minimum Gasteiger partial charge on any atom is -0.495 e. The van der Waals surface area contributed by atoms with Crippen molar-refractivity contribution in [3.63, 3.8) is 0 Å². The molecule has 83 heavy (non-hydrogen) atoms. The summed E-state index contributed by atoms with van der Waals surface area (Å²) in [4.78, 5) is 18.6. The van der Waals surface area contributed by atoms with Gasteiger partial charge in [0.15, 0.2) is 6.04 Å². The number of carbonyl (C=O) groups is 1. The fraction of sp³-hybridized carbons (Fsp3) is 0.517. The Bertz CT molecular complexity index is 3680. The van der Waals surface area contributed by atoms with E-state index >= 15 is 0 Å². The number of methoxy groups -OCH3 is 1. The quantitative estimate of drug-likeness (QED) is 0.0240. The van der Waals surface area contributed by atoms with Crippen molar-refractivity contribution >= 4 is 70.2 Å². The van der Waals surface area contributed by atoms with Crippen LogP contribution in [0.15, 0.2) is 76.8 Å². The molecule has 1 aliphatic heterocycles. The molecule has 0 spiro atoms. The Balaban J connectivity index is 0.761. The van der Waals surface area contributed by atoms with Gasteiger partial charge in [-0.05, 0) is 163 Å². The number of rotatable bonds is 16. The fourth-order valence-corrected chi connectivity index (χ4v) is 16.1. The van der Waals surface area contributed by atoms with E-state index in [0.29, 0.717) is 53.6 Å². The average molecular weight is 1200 g/mol. The van der Waals surface area contributed by atoms with Crippen LogP contribution in [0.25, 0.3) is 11.0 Å². The summed E-state index contributed by atoms with van der Waals surface area (Å²) < 4.78 is 116. The molecule has 8 fully saturated rings. The molecule has 6 aromatic rings. The van der Waals surface area contributed by atoms with Crippen molar-refractivity contribution in [3.8, 4) is 29.4 Å². The van der Waals surface area contributed by atoms with Crippen LogP contribution < -0.4 is 36.0 Å². The summed E-state index contributed by atoms with van der Waals surface area (Å²) in [5.41, 5.74) is -8.56. The van der Waals surface area contributed by atoms with Crippen LogP contribution in [0.4, 0.5) is 43.7 Å². The normalized spacial score (nSPS) is 25.2. The summed E-state index contributed by atoms with van der Waals surface area (Å²) in [6, 6.07) is 15.6. The standard InChI is InChI=1S/C58H65F6N12O4PS2/c1-71(2)56-31-40(30-54(36-56,37-56)68-49-16-7-14-46-50(82-57(59,60)61)43(70-76(46)49)11-8-23-65-42-20-19-41(81(4,5)78)29-47(42)79-3)74-33-38(32-73(74)39-17-18-39)52(77)66-24-9-12-44-51(83-58(62,63)64)45-13-6-15-48(75(45)69-44)67-53-21-10-22-55(34-53,35-53)72-25-27-80-28-26-72/h6-7,13-16,19-20,29,32-33,39-40H,10,17-18,21-28,30-31,34-37H2,1-5H3,(H3-,65,66,67,68,69,70,77,78)/p+1. The molecule has 7 saturated carbocycles. The highest BCUT2D eigenvalue weighted by Crippen LogP contribution is 2.60. The number of anilines is 3. The number of carbonyl (C=O) groups excluding carboxylic acids is 1. The number of morpholine rings is 1. The number of thioether (sulfide) groups is 2. The zero-order chi connectivity index (χ0) is 58.3. The predicted octanol–water partition coefficient (Wildman–Crippen LogP) is 9.61. The van der Waals surface area contributed by atoms with Crippen molar-refractivity contribution in [1.29, 1.82) is 0 Å². The number of aromatic nitrogens is 6. The lowest BCUT2D eigenvalue weighted by Crippen LogP contribution is -2.71. The van der Waals surface area contributed by atoms with Gasteiger partial charge in [-0.25, -0.2) is 9.03 Å². The summed E-state index contributed by atoms with van der Waals surface area (Å²) in [6.07, 6.45) is 13.5. The molecule has 25 heteroatoms. The van der Waals surface area contributed by atoms with Crippen LogP contribution in [0.5, 0.6) is 5.75 Å². The number of pyridine rings is 2. The molecular weight excluding hydrogens is 1140 g/mol. The number of nitrogens with zero attached hydrogens (tertiary/aromatic N) is 8. The van der Waals surface area contributed by atoms with Crippen molar-refractivity contribution in [2.45, 2.75) is 126 Å². The third-order valence-electron chi connectivity index (χ3n) is 17.6. The molecule has 1 atom stereocenters. The van der Waals surface area contributed by atoms with Gasteiger partial charge in [-0.1, -0.05) is 24.0 Å². The van der Waals surface area contributed by atoms with E-state index in [1.165, 1.54) is 16.1 Å². The number of hydrogen-bond acceptors (Lipinski definition) is 13. The molecule has 1 amide bonds. The van der Waals surface area contributed by atoms with Crippen molar-refractivity contribution in [1.82, 2.24) is 39.0 Å². The molecule has 16 nitrogen and oxygen atoms in total. The van der Waals surface area contributed by atoms with Gasteiger partial charge in [-0.2, -0.15) is 41.2 Å². The van der Waals surface area contributed by atoms with Crippen LogP contribution in [0.1, 0.15) is 104 Å². The van der Waals surface area contributed by atoms with E-state index in [1.54, 1.807) is 55.8 Å². The van der Waals surface area contributed by atoms with E-state index in [-0.39, 0.29) is 103 Å². The van der Waals surface area contributed by atoms with E-state index in [2.05, 4.69) is 88.4 Å². The highest BCUT2D eigenvalue weighted by Gasteiger charge is 2.63. The first kappa shape index (κ1) is 57.4. The zero-order valence-corrected chi connectivity index (χ0v) is 49.3. The van der Waals surface area contributed by atoms with Gasteiger partial charge in [0.05, 0.1) is 72.2 Å². The Morgan fingerprint density at radius 1 is 0.843 bits per heavy atom. The van der Waals surface area contributed by atoms with Gasteiger partial charge in [0.25, 0.3) is 5.91 Å². The summed E-state index contributed by atoms with van der Waals surface area (Å²) in [7, 11) is 3.05. The maximum Gasteiger partial charge on any atom is 0.446 e. The SMILES string of the molecule is COc1cc(P(C)(C)=O)ccc1NCC#Cc1nn2c(NC34CC(n5cc(C(=O)NCC#Cc6nn7c(NC89CCCC(N%10CCOCC%10)(C8)C9)cccc7c6SC(F)(F)F)c[n+]5C5CC5)CC(N(C)C)(C3)C4)cccc2c1SC(F)(F)F. The molecule has 1 aromatic carbocycles. The highest BCUT2D eigenvalue weighted by molar-refractivity contribution is 8.00. The smallest absolute Gasteiger partial charge is 0.446 e. The van der Waals surface area contributed by atoms with E-state index in [1.807, 2.05) is 24.5 Å². The molecule has 1 saturated heterocycles. The largest absolute Gasteiger partial charge is 0.495 e. The van der Waals surface area contributed by atoms with Crippen LogP contribution in [0.2, 0.25) is 0 Å². The predicted molar refractivity (Wildman–Crippen MR) is 309 cm³/mol. The number of halogens is 6. The molecule has 14 rings (SSSR count). The number of alkyl halides is 6. The number of amides is 1. The van der Waals surface area contributed by atoms with Crippen LogP contribution in [0, 0.1) is 23.7 Å². The van der Waals surface area contributed by atoms with Gasteiger partial charge >= 0.3 is 11.0 Å². The Labute approximate surface area is 485 Å². The second kappa shape index (κ2) is 21.5. The lowest BCUT2D eigenvalue weighted by atomic mass is 9.52. The molecule has 1 unspecified atom stereocenters.